The molecule has 3 rings (SSSR count). The number of carboxylic acids is 1. The van der Waals surface area contributed by atoms with Crippen LogP contribution in [-0.2, 0) is 16.6 Å². The Morgan fingerprint density at radius 2 is 2.26 bits per heavy atom. The first-order valence-electron chi connectivity index (χ1n) is 7.48. The summed E-state index contributed by atoms with van der Waals surface area (Å²) >= 11 is 0. The Kier molecular flexibility index (Phi) is 3.50. The van der Waals surface area contributed by atoms with E-state index in [1.165, 1.54) is 6.26 Å². The van der Waals surface area contributed by atoms with Crippen LogP contribution in [-0.4, -0.2) is 26.8 Å². The Labute approximate surface area is 133 Å². The SMILES string of the molecule is CC(C)[C@]1(C(=O)Nc2cn(C)nc2-c2ccco2)C[C@H]1C(=O)O. The topological polar surface area (TPSA) is 97.4 Å². The Morgan fingerprint density at radius 3 is 2.78 bits per heavy atom. The lowest BCUT2D eigenvalue weighted by atomic mass is 9.88. The summed E-state index contributed by atoms with van der Waals surface area (Å²) in [5.74, 6) is -1.35. The van der Waals surface area contributed by atoms with Gasteiger partial charge in [-0.15, -0.1) is 0 Å². The molecule has 2 atom stereocenters. The minimum absolute atomic E-state index is 0.0627. The van der Waals surface area contributed by atoms with Crippen LogP contribution in [0.4, 0.5) is 5.69 Å². The zero-order valence-electron chi connectivity index (χ0n) is 13.2. The Morgan fingerprint density at radius 1 is 1.52 bits per heavy atom. The van der Waals surface area contributed by atoms with E-state index in [9.17, 15) is 14.7 Å². The highest BCUT2D eigenvalue weighted by molar-refractivity contribution is 6.03. The molecular weight excluding hydrogens is 298 g/mol. The number of hydrogen-bond acceptors (Lipinski definition) is 4. The summed E-state index contributed by atoms with van der Waals surface area (Å²) in [6.45, 7) is 3.75. The first-order chi connectivity index (χ1) is 10.9. The lowest BCUT2D eigenvalue weighted by molar-refractivity contribution is -0.141. The number of anilines is 1. The van der Waals surface area contributed by atoms with Crippen molar-refractivity contribution in [3.63, 3.8) is 0 Å². The van der Waals surface area contributed by atoms with Crippen molar-refractivity contribution in [1.29, 1.82) is 0 Å². The first kappa shape index (κ1) is 15.3. The number of hydrogen-bond donors (Lipinski definition) is 2. The lowest BCUT2D eigenvalue weighted by Gasteiger charge is -2.20. The molecule has 0 bridgehead atoms. The highest BCUT2D eigenvalue weighted by Crippen LogP contribution is 2.58. The largest absolute Gasteiger partial charge is 0.481 e. The molecule has 2 heterocycles. The average Bonchev–Trinajstić information content (AvgIpc) is 2.83. The second-order valence-corrected chi connectivity index (χ2v) is 6.29. The van der Waals surface area contributed by atoms with Crippen molar-refractivity contribution in [3.8, 4) is 11.5 Å². The highest BCUT2D eigenvalue weighted by Gasteiger charge is 2.65. The van der Waals surface area contributed by atoms with Crippen LogP contribution in [0.15, 0.2) is 29.0 Å². The summed E-state index contributed by atoms with van der Waals surface area (Å²) in [6.07, 6.45) is 3.58. The standard InChI is InChI=1S/C16H19N3O4/c1-9(2)16(7-10(16)14(20)21)15(22)17-11-8-19(3)18-13(11)12-5-4-6-23-12/h4-6,8-10H,7H2,1-3H3,(H,17,22)(H,20,21)/t10-,16+/m0/s1. The summed E-state index contributed by atoms with van der Waals surface area (Å²) < 4.78 is 6.92. The molecule has 23 heavy (non-hydrogen) atoms. The van der Waals surface area contributed by atoms with E-state index in [2.05, 4.69) is 10.4 Å². The van der Waals surface area contributed by atoms with Crippen LogP contribution in [0.2, 0.25) is 0 Å². The fourth-order valence-electron chi connectivity index (χ4n) is 3.15. The molecule has 1 amide bonds. The minimum Gasteiger partial charge on any atom is -0.481 e. The first-order valence-corrected chi connectivity index (χ1v) is 7.48. The number of carbonyl (C=O) groups is 2. The molecule has 0 aromatic carbocycles. The molecule has 1 aliphatic carbocycles. The molecule has 7 heteroatoms. The van der Waals surface area contributed by atoms with E-state index in [4.69, 9.17) is 4.42 Å². The molecule has 0 spiro atoms. The van der Waals surface area contributed by atoms with Crippen LogP contribution >= 0.6 is 0 Å². The molecule has 2 aromatic rings. The molecule has 0 unspecified atom stereocenters. The third-order valence-corrected chi connectivity index (χ3v) is 4.59. The van der Waals surface area contributed by atoms with Crippen molar-refractivity contribution in [2.75, 3.05) is 5.32 Å². The van der Waals surface area contributed by atoms with Crippen molar-refractivity contribution in [3.05, 3.63) is 24.6 Å². The molecule has 2 N–H and O–H groups in total. The second-order valence-electron chi connectivity index (χ2n) is 6.29. The predicted molar refractivity (Wildman–Crippen MR) is 82.6 cm³/mol. The maximum atomic E-state index is 12.7. The number of nitrogens with one attached hydrogen (secondary N) is 1. The molecule has 0 aliphatic heterocycles. The van der Waals surface area contributed by atoms with Gasteiger partial charge in [-0.1, -0.05) is 13.8 Å². The van der Waals surface area contributed by atoms with Crippen molar-refractivity contribution in [2.24, 2.45) is 24.3 Å². The fourth-order valence-corrected chi connectivity index (χ4v) is 3.15. The van der Waals surface area contributed by atoms with Gasteiger partial charge in [-0.2, -0.15) is 5.10 Å². The van der Waals surface area contributed by atoms with Gasteiger partial charge in [0.15, 0.2) is 11.5 Å². The molecule has 2 aromatic heterocycles. The number of furan rings is 1. The van der Waals surface area contributed by atoms with Crippen molar-refractivity contribution in [2.45, 2.75) is 20.3 Å². The molecule has 7 nitrogen and oxygen atoms in total. The van der Waals surface area contributed by atoms with Crippen LogP contribution in [0.5, 0.6) is 0 Å². The van der Waals surface area contributed by atoms with Gasteiger partial charge in [0.2, 0.25) is 5.91 Å². The van der Waals surface area contributed by atoms with Crippen LogP contribution in [0.25, 0.3) is 11.5 Å². The van der Waals surface area contributed by atoms with E-state index in [1.807, 2.05) is 13.8 Å². The van der Waals surface area contributed by atoms with E-state index in [-0.39, 0.29) is 11.8 Å². The number of rotatable bonds is 5. The molecule has 1 aliphatic rings. The van der Waals surface area contributed by atoms with Crippen molar-refractivity contribution >= 4 is 17.6 Å². The molecule has 122 valence electrons. The fraction of sp³-hybridized carbons (Fsp3) is 0.438. The van der Waals surface area contributed by atoms with Gasteiger partial charge >= 0.3 is 5.97 Å². The third-order valence-electron chi connectivity index (χ3n) is 4.59. The van der Waals surface area contributed by atoms with Crippen LogP contribution in [0, 0.1) is 17.3 Å². The molecule has 1 fully saturated rings. The summed E-state index contributed by atoms with van der Waals surface area (Å²) in [7, 11) is 1.75. The number of carbonyl (C=O) groups excluding carboxylic acids is 1. The molecular formula is C16H19N3O4. The van der Waals surface area contributed by atoms with E-state index in [0.29, 0.717) is 23.6 Å². The molecule has 1 saturated carbocycles. The zero-order valence-corrected chi connectivity index (χ0v) is 13.2. The number of aliphatic carboxylic acids is 1. The van der Waals surface area contributed by atoms with Gasteiger partial charge in [-0.25, -0.2) is 0 Å². The minimum atomic E-state index is -0.925. The van der Waals surface area contributed by atoms with Gasteiger partial charge in [-0.3, -0.25) is 14.3 Å². The maximum Gasteiger partial charge on any atom is 0.307 e. The highest BCUT2D eigenvalue weighted by atomic mass is 16.4. The van der Waals surface area contributed by atoms with Gasteiger partial charge < -0.3 is 14.8 Å². The van der Waals surface area contributed by atoms with Gasteiger partial charge in [0.05, 0.1) is 23.3 Å². The monoisotopic (exact) mass is 317 g/mol. The normalized spacial score (nSPS) is 23.0. The van der Waals surface area contributed by atoms with Gasteiger partial charge in [-0.05, 0) is 24.5 Å². The summed E-state index contributed by atoms with van der Waals surface area (Å²) in [5.41, 5.74) is 0.183. The smallest absolute Gasteiger partial charge is 0.307 e. The van der Waals surface area contributed by atoms with Crippen LogP contribution in [0.1, 0.15) is 20.3 Å². The van der Waals surface area contributed by atoms with Crippen molar-refractivity contribution < 1.29 is 19.1 Å². The summed E-state index contributed by atoms with van der Waals surface area (Å²) in [5, 5.41) is 16.4. The number of aromatic nitrogens is 2. The Bertz CT molecular complexity index is 747. The zero-order chi connectivity index (χ0) is 16.8. The maximum absolute atomic E-state index is 12.7. The van der Waals surface area contributed by atoms with E-state index in [1.54, 1.807) is 30.1 Å². The predicted octanol–water partition coefficient (Wildman–Crippen LogP) is 2.37. The van der Waals surface area contributed by atoms with Gasteiger partial charge in [0, 0.05) is 13.2 Å². The summed E-state index contributed by atoms with van der Waals surface area (Å²) in [6, 6.07) is 3.50. The number of nitrogens with zero attached hydrogens (tertiary/aromatic N) is 2. The molecule has 0 saturated heterocycles. The summed E-state index contributed by atoms with van der Waals surface area (Å²) in [4.78, 5) is 24.0. The number of amides is 1. The third kappa shape index (κ3) is 2.42. The van der Waals surface area contributed by atoms with E-state index >= 15 is 0 Å². The quantitative estimate of drug-likeness (QED) is 0.882. The number of carboxylic acid groups (broad SMARTS) is 1. The van der Waals surface area contributed by atoms with Crippen molar-refractivity contribution in [1.82, 2.24) is 9.78 Å². The van der Waals surface area contributed by atoms with Crippen LogP contribution < -0.4 is 5.32 Å². The van der Waals surface area contributed by atoms with Gasteiger partial charge in [0.25, 0.3) is 0 Å². The van der Waals surface area contributed by atoms with Gasteiger partial charge in [0.1, 0.15) is 0 Å². The average molecular weight is 317 g/mol. The Balaban J connectivity index is 1.88. The molecule has 0 radical (unpaired) electrons. The lowest BCUT2D eigenvalue weighted by Crippen LogP contribution is -2.32. The van der Waals surface area contributed by atoms with E-state index < -0.39 is 17.3 Å². The van der Waals surface area contributed by atoms with Crippen LogP contribution in [0.3, 0.4) is 0 Å². The number of aryl methyl sites for hydroxylation is 1. The van der Waals surface area contributed by atoms with E-state index in [0.717, 1.165) is 0 Å². The Hall–Kier alpha value is -2.57. The second kappa shape index (κ2) is 5.26.